The van der Waals surface area contributed by atoms with Gasteiger partial charge in [0.25, 0.3) is 5.91 Å². The number of carboxylic acid groups (broad SMARTS) is 1. The number of aromatic nitrogens is 1. The van der Waals surface area contributed by atoms with Crippen LogP contribution >= 0.6 is 0 Å². The van der Waals surface area contributed by atoms with E-state index < -0.39 is 6.09 Å². The lowest BCUT2D eigenvalue weighted by Crippen LogP contribution is -2.40. The fraction of sp³-hybridized carbons (Fsp3) is 0.611. The third-order valence-corrected chi connectivity index (χ3v) is 4.54. The highest BCUT2D eigenvalue weighted by Crippen LogP contribution is 2.16. The average molecular weight is 348 g/mol. The maximum Gasteiger partial charge on any atom is 0.407 e. The van der Waals surface area contributed by atoms with E-state index in [4.69, 9.17) is 5.11 Å². The van der Waals surface area contributed by atoms with Crippen molar-refractivity contribution in [3.63, 3.8) is 0 Å². The number of anilines is 1. The summed E-state index contributed by atoms with van der Waals surface area (Å²) in [5.41, 5.74) is 0.593. The maximum atomic E-state index is 12.3. The fourth-order valence-corrected chi connectivity index (χ4v) is 2.93. The Hall–Kier alpha value is -2.31. The summed E-state index contributed by atoms with van der Waals surface area (Å²) in [6.45, 7) is 4.67. The summed E-state index contributed by atoms with van der Waals surface area (Å²) in [6, 6.07) is 3.48. The van der Waals surface area contributed by atoms with Crippen molar-refractivity contribution >= 4 is 17.8 Å². The minimum atomic E-state index is -0.863. The number of likely N-dealkylation sites (tertiary alicyclic amines) is 1. The van der Waals surface area contributed by atoms with Crippen LogP contribution < -0.4 is 10.6 Å². The molecule has 0 radical (unpaired) electrons. The van der Waals surface area contributed by atoms with Crippen molar-refractivity contribution in [2.75, 3.05) is 31.5 Å². The molecule has 1 aromatic heterocycles. The number of unbranched alkanes of at least 4 members (excludes halogenated alkanes) is 2. The molecule has 1 aromatic rings. The second kappa shape index (κ2) is 9.86. The quantitative estimate of drug-likeness (QED) is 0.628. The van der Waals surface area contributed by atoms with Crippen LogP contribution in [0.5, 0.6) is 0 Å². The van der Waals surface area contributed by atoms with Crippen LogP contribution in [0.1, 0.15) is 49.4 Å². The van der Waals surface area contributed by atoms with Crippen molar-refractivity contribution in [3.05, 3.63) is 23.9 Å². The average Bonchev–Trinajstić information content (AvgIpc) is 2.64. The van der Waals surface area contributed by atoms with Gasteiger partial charge >= 0.3 is 6.09 Å². The first-order valence-corrected chi connectivity index (χ1v) is 9.06. The van der Waals surface area contributed by atoms with E-state index in [1.165, 1.54) is 17.7 Å². The monoisotopic (exact) mass is 348 g/mol. The van der Waals surface area contributed by atoms with Crippen LogP contribution in [0.15, 0.2) is 18.3 Å². The van der Waals surface area contributed by atoms with E-state index >= 15 is 0 Å². The highest BCUT2D eigenvalue weighted by molar-refractivity contribution is 5.94. The van der Waals surface area contributed by atoms with Crippen LogP contribution in [-0.2, 0) is 0 Å². The van der Waals surface area contributed by atoms with Gasteiger partial charge in [0.05, 0.1) is 0 Å². The Balaban J connectivity index is 1.76. The SMILES string of the molecule is CCCCCNc1cc(C(=O)NCC2CCN(C(=O)O)CC2)ccn1. The van der Waals surface area contributed by atoms with Crippen molar-refractivity contribution in [2.24, 2.45) is 5.92 Å². The highest BCUT2D eigenvalue weighted by atomic mass is 16.4. The van der Waals surface area contributed by atoms with Gasteiger partial charge in [0.2, 0.25) is 0 Å². The molecular weight excluding hydrogens is 320 g/mol. The fourth-order valence-electron chi connectivity index (χ4n) is 2.93. The van der Waals surface area contributed by atoms with Crippen molar-refractivity contribution in [2.45, 2.75) is 39.0 Å². The zero-order chi connectivity index (χ0) is 18.1. The van der Waals surface area contributed by atoms with Gasteiger partial charge in [-0.1, -0.05) is 19.8 Å². The maximum absolute atomic E-state index is 12.3. The second-order valence-corrected chi connectivity index (χ2v) is 6.49. The summed E-state index contributed by atoms with van der Waals surface area (Å²) >= 11 is 0. The molecule has 25 heavy (non-hydrogen) atoms. The predicted octanol–water partition coefficient (Wildman–Crippen LogP) is 2.80. The molecule has 0 aliphatic carbocycles. The predicted molar refractivity (Wildman–Crippen MR) is 96.9 cm³/mol. The number of pyridine rings is 1. The number of carbonyl (C=O) groups is 2. The van der Waals surface area contributed by atoms with E-state index in [0.29, 0.717) is 31.1 Å². The van der Waals surface area contributed by atoms with Gasteiger partial charge in [-0.3, -0.25) is 4.79 Å². The molecule has 1 fully saturated rings. The number of hydrogen-bond donors (Lipinski definition) is 3. The van der Waals surface area contributed by atoms with E-state index in [2.05, 4.69) is 22.5 Å². The molecule has 0 saturated carbocycles. The molecule has 1 aliphatic heterocycles. The van der Waals surface area contributed by atoms with Gasteiger partial charge in [-0.05, 0) is 37.3 Å². The standard InChI is InChI=1S/C18H28N4O3/c1-2-3-4-8-19-16-12-15(5-9-20-16)17(23)21-13-14-6-10-22(11-7-14)18(24)25/h5,9,12,14H,2-4,6-8,10-11,13H2,1H3,(H,19,20)(H,21,23)(H,24,25). The molecular formula is C18H28N4O3. The zero-order valence-electron chi connectivity index (χ0n) is 14.8. The van der Waals surface area contributed by atoms with Crippen molar-refractivity contribution < 1.29 is 14.7 Å². The lowest BCUT2D eigenvalue weighted by molar-refractivity contribution is 0.0928. The van der Waals surface area contributed by atoms with Crippen LogP contribution in [0.25, 0.3) is 0 Å². The Morgan fingerprint density at radius 2 is 2.08 bits per heavy atom. The normalized spacial score (nSPS) is 15.0. The molecule has 2 amide bonds. The largest absolute Gasteiger partial charge is 0.465 e. The molecule has 1 aliphatic rings. The van der Waals surface area contributed by atoms with Gasteiger partial charge in [0.15, 0.2) is 0 Å². The van der Waals surface area contributed by atoms with Crippen LogP contribution in [-0.4, -0.2) is 53.2 Å². The smallest absolute Gasteiger partial charge is 0.407 e. The number of nitrogens with one attached hydrogen (secondary N) is 2. The molecule has 2 heterocycles. The Morgan fingerprint density at radius 3 is 2.76 bits per heavy atom. The van der Waals surface area contributed by atoms with Crippen LogP contribution in [0.4, 0.5) is 10.6 Å². The number of carbonyl (C=O) groups excluding carboxylic acids is 1. The number of hydrogen-bond acceptors (Lipinski definition) is 4. The number of amides is 2. The molecule has 0 aromatic carbocycles. The molecule has 1 saturated heterocycles. The van der Waals surface area contributed by atoms with Gasteiger partial charge in [-0.2, -0.15) is 0 Å². The summed E-state index contributed by atoms with van der Waals surface area (Å²) in [7, 11) is 0. The van der Waals surface area contributed by atoms with Crippen LogP contribution in [0.2, 0.25) is 0 Å². The summed E-state index contributed by atoms with van der Waals surface area (Å²) in [6.07, 6.45) is 5.78. The van der Waals surface area contributed by atoms with Gasteiger partial charge in [0.1, 0.15) is 5.82 Å². The van der Waals surface area contributed by atoms with E-state index in [9.17, 15) is 9.59 Å². The van der Waals surface area contributed by atoms with Gasteiger partial charge in [-0.15, -0.1) is 0 Å². The molecule has 7 heteroatoms. The number of rotatable bonds is 8. The molecule has 2 rings (SSSR count). The van der Waals surface area contributed by atoms with Gasteiger partial charge < -0.3 is 20.6 Å². The van der Waals surface area contributed by atoms with E-state index in [-0.39, 0.29) is 5.91 Å². The van der Waals surface area contributed by atoms with E-state index in [1.807, 2.05) is 0 Å². The minimum absolute atomic E-state index is 0.111. The minimum Gasteiger partial charge on any atom is -0.465 e. The number of nitrogens with zero attached hydrogens (tertiary/aromatic N) is 2. The summed E-state index contributed by atoms with van der Waals surface area (Å²) in [4.78, 5) is 28.9. The summed E-state index contributed by atoms with van der Waals surface area (Å²) in [5.74, 6) is 0.936. The topological polar surface area (TPSA) is 94.6 Å². The Labute approximate surface area is 148 Å². The highest BCUT2D eigenvalue weighted by Gasteiger charge is 2.22. The third-order valence-electron chi connectivity index (χ3n) is 4.54. The molecule has 7 nitrogen and oxygen atoms in total. The molecule has 0 bridgehead atoms. The molecule has 0 atom stereocenters. The van der Waals surface area contributed by atoms with Crippen LogP contribution in [0.3, 0.4) is 0 Å². The van der Waals surface area contributed by atoms with Crippen molar-refractivity contribution in [3.8, 4) is 0 Å². The van der Waals surface area contributed by atoms with Crippen molar-refractivity contribution in [1.29, 1.82) is 0 Å². The van der Waals surface area contributed by atoms with Gasteiger partial charge in [0, 0.05) is 37.9 Å². The first-order chi connectivity index (χ1) is 12.1. The van der Waals surface area contributed by atoms with Gasteiger partial charge in [-0.25, -0.2) is 9.78 Å². The van der Waals surface area contributed by atoms with Crippen molar-refractivity contribution in [1.82, 2.24) is 15.2 Å². The lowest BCUT2D eigenvalue weighted by atomic mass is 9.97. The molecule has 0 spiro atoms. The second-order valence-electron chi connectivity index (χ2n) is 6.49. The Kier molecular flexibility index (Phi) is 7.50. The Morgan fingerprint density at radius 1 is 1.32 bits per heavy atom. The zero-order valence-corrected chi connectivity index (χ0v) is 14.8. The Bertz CT molecular complexity index is 571. The first kappa shape index (κ1) is 19.0. The van der Waals surface area contributed by atoms with E-state index in [0.717, 1.165) is 31.6 Å². The number of piperidine rings is 1. The molecule has 138 valence electrons. The summed E-state index contributed by atoms with van der Waals surface area (Å²) in [5, 5.41) is 15.2. The summed E-state index contributed by atoms with van der Waals surface area (Å²) < 4.78 is 0. The van der Waals surface area contributed by atoms with Crippen LogP contribution in [0, 0.1) is 5.92 Å². The molecule has 3 N–H and O–H groups in total. The lowest BCUT2D eigenvalue weighted by Gasteiger charge is -2.29. The van der Waals surface area contributed by atoms with E-state index in [1.54, 1.807) is 18.3 Å². The molecule has 0 unspecified atom stereocenters. The first-order valence-electron chi connectivity index (χ1n) is 9.06. The third kappa shape index (κ3) is 6.25.